The third-order valence-electron chi connectivity index (χ3n) is 5.30. The molecule has 0 aliphatic heterocycles. The van der Waals surface area contributed by atoms with Crippen molar-refractivity contribution in [2.75, 3.05) is 13.6 Å². The van der Waals surface area contributed by atoms with Crippen molar-refractivity contribution in [3.8, 4) is 0 Å². The van der Waals surface area contributed by atoms with Gasteiger partial charge in [0.2, 0.25) is 5.91 Å². The van der Waals surface area contributed by atoms with Crippen LogP contribution in [0.2, 0.25) is 0 Å². The lowest BCUT2D eigenvalue weighted by atomic mass is 9.85. The van der Waals surface area contributed by atoms with Gasteiger partial charge in [0.15, 0.2) is 0 Å². The van der Waals surface area contributed by atoms with E-state index in [0.717, 1.165) is 43.1 Å². The van der Waals surface area contributed by atoms with Gasteiger partial charge < -0.3 is 15.1 Å². The first kappa shape index (κ1) is 14.6. The molecule has 2 unspecified atom stereocenters. The van der Waals surface area contributed by atoms with Crippen LogP contribution in [0.3, 0.4) is 0 Å². The van der Waals surface area contributed by atoms with Gasteiger partial charge in [-0.3, -0.25) is 4.79 Å². The zero-order valence-corrected chi connectivity index (χ0v) is 13.1. The Bertz CT molecular complexity index is 517. The van der Waals surface area contributed by atoms with E-state index in [1.165, 1.54) is 6.42 Å². The molecule has 0 spiro atoms. The fourth-order valence-corrected chi connectivity index (χ4v) is 3.66. The first-order valence-corrected chi connectivity index (χ1v) is 8.10. The van der Waals surface area contributed by atoms with Gasteiger partial charge in [0, 0.05) is 19.5 Å². The maximum atomic E-state index is 12.7. The van der Waals surface area contributed by atoms with Gasteiger partial charge in [-0.15, -0.1) is 0 Å². The largest absolute Gasteiger partial charge is 0.464 e. The van der Waals surface area contributed by atoms with Gasteiger partial charge in [0.25, 0.3) is 0 Å². The summed E-state index contributed by atoms with van der Waals surface area (Å²) in [5, 5.41) is 0. The summed E-state index contributed by atoms with van der Waals surface area (Å²) in [4.78, 5) is 14.5. The number of rotatable bonds is 5. The van der Waals surface area contributed by atoms with Crippen molar-refractivity contribution in [2.24, 2.45) is 17.1 Å². The molecule has 1 aromatic heterocycles. The van der Waals surface area contributed by atoms with E-state index < -0.39 is 0 Å². The first-order chi connectivity index (χ1) is 10.1. The Balaban J connectivity index is 1.64. The van der Waals surface area contributed by atoms with Gasteiger partial charge in [-0.05, 0) is 37.3 Å². The van der Waals surface area contributed by atoms with Crippen LogP contribution >= 0.6 is 0 Å². The van der Waals surface area contributed by atoms with Gasteiger partial charge in [-0.2, -0.15) is 0 Å². The highest BCUT2D eigenvalue weighted by atomic mass is 16.3. The minimum absolute atomic E-state index is 0.181. The van der Waals surface area contributed by atoms with Crippen LogP contribution in [0.4, 0.5) is 0 Å². The smallest absolute Gasteiger partial charge is 0.230 e. The van der Waals surface area contributed by atoms with Gasteiger partial charge in [0.1, 0.15) is 11.5 Å². The van der Waals surface area contributed by atoms with Gasteiger partial charge in [-0.1, -0.05) is 19.8 Å². The normalized spacial score (nSPS) is 26.8. The molecule has 0 saturated heterocycles. The molecule has 0 radical (unpaired) electrons. The van der Waals surface area contributed by atoms with E-state index >= 15 is 0 Å². The zero-order chi connectivity index (χ0) is 15.0. The highest BCUT2D eigenvalue weighted by Crippen LogP contribution is 2.47. The quantitative estimate of drug-likeness (QED) is 0.907. The molecule has 4 nitrogen and oxygen atoms in total. The molecule has 4 heteroatoms. The lowest BCUT2D eigenvalue weighted by molar-refractivity contribution is -0.140. The van der Waals surface area contributed by atoms with Crippen LogP contribution < -0.4 is 5.73 Å². The monoisotopic (exact) mass is 290 g/mol. The summed E-state index contributed by atoms with van der Waals surface area (Å²) >= 11 is 0. The van der Waals surface area contributed by atoms with Gasteiger partial charge in [-0.25, -0.2) is 0 Å². The van der Waals surface area contributed by atoms with E-state index in [1.54, 1.807) is 4.90 Å². The fourth-order valence-electron chi connectivity index (χ4n) is 3.66. The van der Waals surface area contributed by atoms with E-state index in [9.17, 15) is 4.79 Å². The molecule has 116 valence electrons. The highest BCUT2D eigenvalue weighted by molar-refractivity contribution is 5.83. The van der Waals surface area contributed by atoms with E-state index in [1.807, 2.05) is 13.1 Å². The van der Waals surface area contributed by atoms with Crippen LogP contribution in [0.25, 0.3) is 0 Å². The van der Waals surface area contributed by atoms with Gasteiger partial charge in [0.05, 0.1) is 12.0 Å². The maximum absolute atomic E-state index is 12.7. The Morgan fingerprint density at radius 1 is 1.43 bits per heavy atom. The van der Waals surface area contributed by atoms with Crippen LogP contribution in [0, 0.1) is 11.3 Å². The number of carbonyl (C=O) groups is 1. The number of furan rings is 1. The van der Waals surface area contributed by atoms with E-state index in [-0.39, 0.29) is 11.3 Å². The molecule has 2 atom stereocenters. The number of carbonyl (C=O) groups excluding carboxylic acids is 1. The second kappa shape index (κ2) is 5.48. The third kappa shape index (κ3) is 2.73. The summed E-state index contributed by atoms with van der Waals surface area (Å²) in [6.07, 6.45) is 5.30. The second-order valence-corrected chi connectivity index (χ2v) is 6.98. The van der Waals surface area contributed by atoms with Gasteiger partial charge >= 0.3 is 0 Å². The predicted octanol–water partition coefficient (Wildman–Crippen LogP) is 2.88. The molecule has 2 aliphatic carbocycles. The Kier molecular flexibility index (Phi) is 3.82. The topological polar surface area (TPSA) is 59.5 Å². The summed E-state index contributed by atoms with van der Waals surface area (Å²) in [5.74, 6) is 3.46. The molecule has 2 saturated carbocycles. The number of nitrogens with zero attached hydrogens (tertiary/aromatic N) is 1. The summed E-state index contributed by atoms with van der Waals surface area (Å²) < 4.78 is 5.90. The Morgan fingerprint density at radius 2 is 2.10 bits per heavy atom. The van der Waals surface area contributed by atoms with Crippen LogP contribution in [0.5, 0.6) is 0 Å². The molecule has 0 bridgehead atoms. The molecule has 1 amide bonds. The van der Waals surface area contributed by atoms with Crippen LogP contribution in [0.1, 0.15) is 56.5 Å². The Morgan fingerprint density at radius 3 is 2.67 bits per heavy atom. The van der Waals surface area contributed by atoms with Crippen LogP contribution in [0.15, 0.2) is 16.5 Å². The second-order valence-electron chi connectivity index (χ2n) is 6.98. The van der Waals surface area contributed by atoms with Crippen molar-refractivity contribution >= 4 is 5.91 Å². The van der Waals surface area contributed by atoms with Crippen molar-refractivity contribution in [3.05, 3.63) is 23.7 Å². The minimum atomic E-state index is -0.324. The van der Waals surface area contributed by atoms with E-state index in [2.05, 4.69) is 13.0 Å². The summed E-state index contributed by atoms with van der Waals surface area (Å²) in [7, 11) is 1.86. The SMILES string of the molecule is CC1CC1c1ccc(CN(C)C(=O)C2(CN)CCCC2)o1. The van der Waals surface area contributed by atoms with Crippen molar-refractivity contribution in [1.82, 2.24) is 4.90 Å². The molecule has 1 aromatic rings. The summed E-state index contributed by atoms with van der Waals surface area (Å²) in [6, 6.07) is 4.07. The Labute approximate surface area is 126 Å². The molecule has 2 aliphatic rings. The number of hydrogen-bond donors (Lipinski definition) is 1. The summed E-state index contributed by atoms with van der Waals surface area (Å²) in [5.41, 5.74) is 5.57. The summed E-state index contributed by atoms with van der Waals surface area (Å²) in [6.45, 7) is 3.24. The molecule has 1 heterocycles. The van der Waals surface area contributed by atoms with Crippen LogP contribution in [-0.2, 0) is 11.3 Å². The first-order valence-electron chi connectivity index (χ1n) is 8.10. The van der Waals surface area contributed by atoms with Crippen molar-refractivity contribution in [2.45, 2.75) is 51.5 Å². The number of hydrogen-bond acceptors (Lipinski definition) is 3. The van der Waals surface area contributed by atoms with E-state index in [4.69, 9.17) is 10.2 Å². The van der Waals surface area contributed by atoms with Crippen molar-refractivity contribution < 1.29 is 9.21 Å². The van der Waals surface area contributed by atoms with Crippen molar-refractivity contribution in [3.63, 3.8) is 0 Å². The lowest BCUT2D eigenvalue weighted by Crippen LogP contribution is -2.44. The molecule has 0 aromatic carbocycles. The third-order valence-corrected chi connectivity index (χ3v) is 5.30. The minimum Gasteiger partial charge on any atom is -0.464 e. The lowest BCUT2D eigenvalue weighted by Gasteiger charge is -2.30. The average Bonchev–Trinajstić information content (AvgIpc) is 2.92. The molecular weight excluding hydrogens is 264 g/mol. The Hall–Kier alpha value is -1.29. The molecule has 2 N–H and O–H groups in total. The number of amides is 1. The van der Waals surface area contributed by atoms with E-state index in [0.29, 0.717) is 19.0 Å². The molecule has 2 fully saturated rings. The molecular formula is C17H26N2O2. The highest BCUT2D eigenvalue weighted by Gasteiger charge is 2.41. The molecule has 21 heavy (non-hydrogen) atoms. The predicted molar refractivity (Wildman–Crippen MR) is 81.7 cm³/mol. The fraction of sp³-hybridized carbons (Fsp3) is 0.706. The zero-order valence-electron chi connectivity index (χ0n) is 13.1. The molecule has 3 rings (SSSR count). The van der Waals surface area contributed by atoms with Crippen molar-refractivity contribution in [1.29, 1.82) is 0 Å². The number of nitrogens with two attached hydrogens (primary N) is 1. The maximum Gasteiger partial charge on any atom is 0.230 e. The van der Waals surface area contributed by atoms with Crippen LogP contribution in [-0.4, -0.2) is 24.4 Å². The average molecular weight is 290 g/mol. The standard InChI is InChI=1S/C17H26N2O2/c1-12-9-14(12)15-6-5-13(21-15)10-19(2)16(20)17(11-18)7-3-4-8-17/h5-6,12,14H,3-4,7-11,18H2,1-2H3.